The molecule has 3 aromatic rings. The molecule has 0 aromatic carbocycles. The monoisotopic (exact) mass is 468 g/mol. The normalized spacial score (nSPS) is 23.9. The third-order valence-electron chi connectivity index (χ3n) is 6.75. The Morgan fingerprint density at radius 3 is 2.50 bits per heavy atom. The molecule has 7 nitrogen and oxygen atoms in total. The zero-order valence-electron chi connectivity index (χ0n) is 18.6. The summed E-state index contributed by atoms with van der Waals surface area (Å²) in [6.45, 7) is 3.86. The number of pyridine rings is 2. The predicted octanol–water partition coefficient (Wildman–Crippen LogP) is 4.36. The Balaban J connectivity index is 1.41. The maximum absolute atomic E-state index is 13.8. The van der Waals surface area contributed by atoms with Crippen molar-refractivity contribution < 1.29 is 18.0 Å². The van der Waals surface area contributed by atoms with Crippen LogP contribution in [0.2, 0.25) is 0 Å². The van der Waals surface area contributed by atoms with E-state index in [0.717, 1.165) is 25.1 Å². The number of aromatic nitrogens is 4. The highest BCUT2D eigenvalue weighted by atomic mass is 19.4. The maximum Gasteiger partial charge on any atom is 0.417 e. The van der Waals surface area contributed by atoms with Gasteiger partial charge in [-0.1, -0.05) is 0 Å². The van der Waals surface area contributed by atoms with Crippen molar-refractivity contribution in [1.29, 1.82) is 0 Å². The van der Waals surface area contributed by atoms with E-state index in [1.165, 1.54) is 6.07 Å². The van der Waals surface area contributed by atoms with Gasteiger partial charge in [0.1, 0.15) is 11.5 Å². The number of amides is 1. The summed E-state index contributed by atoms with van der Waals surface area (Å²) in [5, 5.41) is 3.25. The van der Waals surface area contributed by atoms with Crippen molar-refractivity contribution >= 4 is 11.7 Å². The molecule has 0 spiro atoms. The van der Waals surface area contributed by atoms with Crippen LogP contribution in [0.5, 0.6) is 0 Å². The van der Waals surface area contributed by atoms with E-state index >= 15 is 0 Å². The van der Waals surface area contributed by atoms with Gasteiger partial charge in [-0.05, 0) is 62.9 Å². The van der Waals surface area contributed by atoms with Gasteiger partial charge in [-0.15, -0.1) is 0 Å². The lowest BCUT2D eigenvalue weighted by Gasteiger charge is -2.38. The Morgan fingerprint density at radius 2 is 1.85 bits per heavy atom. The molecule has 2 fully saturated rings. The zero-order chi connectivity index (χ0) is 24.0. The van der Waals surface area contributed by atoms with Crippen LogP contribution >= 0.6 is 0 Å². The molecule has 1 saturated heterocycles. The Morgan fingerprint density at radius 1 is 1.09 bits per heavy atom. The number of anilines is 1. The van der Waals surface area contributed by atoms with Crippen LogP contribution in [0.15, 0.2) is 48.9 Å². The molecular weight excluding hydrogens is 445 g/mol. The largest absolute Gasteiger partial charge is 0.417 e. The molecule has 1 aliphatic heterocycles. The molecule has 1 saturated carbocycles. The summed E-state index contributed by atoms with van der Waals surface area (Å²) in [4.78, 5) is 32.7. The summed E-state index contributed by atoms with van der Waals surface area (Å²) in [5.74, 6) is 0.872. The van der Waals surface area contributed by atoms with Gasteiger partial charge in [-0.2, -0.15) is 13.2 Å². The van der Waals surface area contributed by atoms with Crippen LogP contribution in [0.3, 0.4) is 0 Å². The Hall–Kier alpha value is -3.56. The number of hydrogen-bond acceptors (Lipinski definition) is 6. The van der Waals surface area contributed by atoms with Gasteiger partial charge < -0.3 is 10.2 Å². The summed E-state index contributed by atoms with van der Waals surface area (Å²) in [5.41, 5.74) is 0.790. The number of hydrogen-bond donors (Lipinski definition) is 1. The number of nitrogens with one attached hydrogen (secondary N) is 1. The topological polar surface area (TPSA) is 83.9 Å². The minimum atomic E-state index is -4.43. The SMILES string of the molecule is Cc1ccc(-c2ncccn2)c(C(=O)N2[C@H](C)[C@@H]3C[C@@H](Nc4ccc(C(F)(F)F)cn4)[C@@H]2C3)n1. The van der Waals surface area contributed by atoms with Gasteiger partial charge in [0, 0.05) is 36.4 Å². The second-order valence-corrected chi connectivity index (χ2v) is 8.85. The van der Waals surface area contributed by atoms with E-state index in [1.54, 1.807) is 18.5 Å². The minimum absolute atomic E-state index is 0.0166. The highest BCUT2D eigenvalue weighted by molar-refractivity contribution is 5.99. The Kier molecular flexibility index (Phi) is 5.45. The van der Waals surface area contributed by atoms with Crippen molar-refractivity contribution in [2.75, 3.05) is 5.32 Å². The standard InChI is InChI=1S/C24H23F3N6O/c1-13-4-6-17(22-28-8-3-9-29-22)21(31-13)23(34)33-14(2)15-10-18(19(33)11-15)32-20-7-5-16(12-30-20)24(25,26)27/h3-9,12,14-15,18-19H,10-11H2,1-2H3,(H,30,32)/t14-,15-,18-,19+/m1/s1. The van der Waals surface area contributed by atoms with Crippen LogP contribution < -0.4 is 5.32 Å². The van der Waals surface area contributed by atoms with E-state index in [1.807, 2.05) is 30.9 Å². The lowest BCUT2D eigenvalue weighted by molar-refractivity contribution is -0.137. The molecule has 3 aromatic heterocycles. The average Bonchev–Trinajstić information content (AvgIpc) is 3.36. The van der Waals surface area contributed by atoms with E-state index < -0.39 is 11.7 Å². The lowest BCUT2D eigenvalue weighted by Crippen LogP contribution is -2.52. The van der Waals surface area contributed by atoms with E-state index in [4.69, 9.17) is 0 Å². The number of rotatable bonds is 4. The number of fused-ring (bicyclic) bond motifs is 2. The maximum atomic E-state index is 13.8. The molecule has 4 atom stereocenters. The Bertz CT molecular complexity index is 1200. The number of alkyl halides is 3. The van der Waals surface area contributed by atoms with Gasteiger partial charge >= 0.3 is 6.18 Å². The van der Waals surface area contributed by atoms with E-state index in [2.05, 4.69) is 25.3 Å². The quantitative estimate of drug-likeness (QED) is 0.613. The second kappa shape index (κ2) is 8.34. The molecule has 176 valence electrons. The first-order chi connectivity index (χ1) is 16.2. The van der Waals surface area contributed by atoms with Crippen molar-refractivity contribution in [3.05, 3.63) is 65.9 Å². The van der Waals surface area contributed by atoms with Gasteiger partial charge in [-0.3, -0.25) is 4.79 Å². The fraction of sp³-hybridized carbons (Fsp3) is 0.375. The number of nitrogens with zero attached hydrogens (tertiary/aromatic N) is 5. The highest BCUT2D eigenvalue weighted by Gasteiger charge is 2.52. The smallest absolute Gasteiger partial charge is 0.365 e. The number of piperidine rings is 1. The van der Waals surface area contributed by atoms with Gasteiger partial charge in [0.05, 0.1) is 17.2 Å². The molecule has 2 bridgehead atoms. The van der Waals surface area contributed by atoms with Crippen molar-refractivity contribution in [2.24, 2.45) is 5.92 Å². The van der Waals surface area contributed by atoms with Crippen LogP contribution in [0, 0.1) is 12.8 Å². The predicted molar refractivity (Wildman–Crippen MR) is 119 cm³/mol. The van der Waals surface area contributed by atoms with Crippen LogP contribution in [-0.2, 0) is 6.18 Å². The van der Waals surface area contributed by atoms with Crippen LogP contribution in [0.1, 0.15) is 41.5 Å². The third-order valence-corrected chi connectivity index (χ3v) is 6.75. The number of carbonyl (C=O) groups is 1. The number of likely N-dealkylation sites (tertiary alicyclic amines) is 1. The van der Waals surface area contributed by atoms with Crippen molar-refractivity contribution in [3.8, 4) is 11.4 Å². The van der Waals surface area contributed by atoms with Crippen LogP contribution in [-0.4, -0.2) is 48.9 Å². The molecule has 34 heavy (non-hydrogen) atoms. The molecule has 4 heterocycles. The summed E-state index contributed by atoms with van der Waals surface area (Å²) in [7, 11) is 0. The van der Waals surface area contributed by atoms with Crippen LogP contribution in [0.4, 0.5) is 19.0 Å². The molecule has 1 N–H and O–H groups in total. The third kappa shape index (κ3) is 3.97. The molecule has 1 aliphatic carbocycles. The van der Waals surface area contributed by atoms with Crippen LogP contribution in [0.25, 0.3) is 11.4 Å². The summed E-state index contributed by atoms with van der Waals surface area (Å²) in [6, 6.07) is 7.46. The van der Waals surface area contributed by atoms with E-state index in [-0.39, 0.29) is 30.0 Å². The fourth-order valence-electron chi connectivity index (χ4n) is 5.07. The summed E-state index contributed by atoms with van der Waals surface area (Å²) in [6.07, 6.45) is 1.26. The molecule has 5 rings (SSSR count). The molecule has 10 heteroatoms. The van der Waals surface area contributed by atoms with Gasteiger partial charge in [0.15, 0.2) is 5.82 Å². The minimum Gasteiger partial charge on any atom is -0.365 e. The zero-order valence-corrected chi connectivity index (χ0v) is 18.6. The van der Waals surface area contributed by atoms with Gasteiger partial charge in [0.25, 0.3) is 5.91 Å². The number of halogens is 3. The van der Waals surface area contributed by atoms with Crippen molar-refractivity contribution in [1.82, 2.24) is 24.8 Å². The van der Waals surface area contributed by atoms with Crippen molar-refractivity contribution in [3.63, 3.8) is 0 Å². The first-order valence-electron chi connectivity index (χ1n) is 11.1. The molecule has 2 aliphatic rings. The highest BCUT2D eigenvalue weighted by Crippen LogP contribution is 2.44. The lowest BCUT2D eigenvalue weighted by atomic mass is 9.97. The van der Waals surface area contributed by atoms with E-state index in [9.17, 15) is 18.0 Å². The molecular formula is C24H23F3N6O. The van der Waals surface area contributed by atoms with Crippen molar-refractivity contribution in [2.45, 2.75) is 51.0 Å². The second-order valence-electron chi connectivity index (χ2n) is 8.85. The summed E-state index contributed by atoms with van der Waals surface area (Å²) >= 11 is 0. The number of carbonyl (C=O) groups excluding carboxylic acids is 1. The van der Waals surface area contributed by atoms with E-state index in [0.29, 0.717) is 28.6 Å². The van der Waals surface area contributed by atoms with Gasteiger partial charge in [0.2, 0.25) is 0 Å². The summed E-state index contributed by atoms with van der Waals surface area (Å²) < 4.78 is 38.6. The fourth-order valence-corrected chi connectivity index (χ4v) is 5.07. The average molecular weight is 468 g/mol. The number of aryl methyl sites for hydroxylation is 1. The first kappa shape index (κ1) is 22.2. The first-order valence-corrected chi connectivity index (χ1v) is 11.1. The van der Waals surface area contributed by atoms with Gasteiger partial charge in [-0.25, -0.2) is 19.9 Å². The molecule has 0 unspecified atom stereocenters. The molecule has 1 amide bonds. The molecule has 0 radical (unpaired) electrons. The Labute approximate surface area is 194 Å².